The molecule has 3 heterocycles. The zero-order valence-electron chi connectivity index (χ0n) is 15.4. The van der Waals surface area contributed by atoms with E-state index < -0.39 is 0 Å². The van der Waals surface area contributed by atoms with E-state index in [1.165, 1.54) is 0 Å². The number of hydrogen-bond acceptors (Lipinski definition) is 3. The predicted molar refractivity (Wildman–Crippen MR) is 102 cm³/mol. The number of carbonyl (C=O) groups is 2. The first-order valence-corrected chi connectivity index (χ1v) is 9.32. The summed E-state index contributed by atoms with van der Waals surface area (Å²) in [5.41, 5.74) is 3.04. The summed E-state index contributed by atoms with van der Waals surface area (Å²) in [7, 11) is 0. The Morgan fingerprint density at radius 3 is 2.63 bits per heavy atom. The van der Waals surface area contributed by atoms with Gasteiger partial charge in [-0.1, -0.05) is 18.2 Å². The Morgan fingerprint density at radius 1 is 1.07 bits per heavy atom. The van der Waals surface area contributed by atoms with Gasteiger partial charge in [0, 0.05) is 42.5 Å². The van der Waals surface area contributed by atoms with Crippen molar-refractivity contribution in [1.82, 2.24) is 15.0 Å². The van der Waals surface area contributed by atoms with Gasteiger partial charge >= 0.3 is 0 Å². The number of benzene rings is 1. The molecule has 1 fully saturated rings. The number of furan rings is 1. The van der Waals surface area contributed by atoms with Gasteiger partial charge in [0.25, 0.3) is 0 Å². The minimum absolute atomic E-state index is 0.0344. The maximum Gasteiger partial charge on any atom is 0.245 e. The SMILES string of the molecule is Cc1[nH]c2ccccc2c1CC(=O)N1CCCN1C(=O)CCc1ccco1. The maximum absolute atomic E-state index is 13.0. The van der Waals surface area contributed by atoms with Crippen molar-refractivity contribution in [3.05, 3.63) is 59.7 Å². The van der Waals surface area contributed by atoms with Crippen molar-refractivity contribution in [2.45, 2.75) is 32.6 Å². The molecule has 6 heteroatoms. The Morgan fingerprint density at radius 2 is 1.85 bits per heavy atom. The molecular formula is C21H23N3O3. The molecule has 0 unspecified atom stereocenters. The Balaban J connectivity index is 1.45. The quantitative estimate of drug-likeness (QED) is 0.755. The summed E-state index contributed by atoms with van der Waals surface area (Å²) in [6.45, 7) is 3.17. The number of para-hydroxylation sites is 1. The average molecular weight is 365 g/mol. The van der Waals surface area contributed by atoms with E-state index in [0.29, 0.717) is 25.9 Å². The molecule has 6 nitrogen and oxygen atoms in total. The minimum Gasteiger partial charge on any atom is -0.469 e. The lowest BCUT2D eigenvalue weighted by Crippen LogP contribution is -2.45. The summed E-state index contributed by atoms with van der Waals surface area (Å²) >= 11 is 0. The van der Waals surface area contributed by atoms with Crippen molar-refractivity contribution < 1.29 is 14.0 Å². The fourth-order valence-corrected chi connectivity index (χ4v) is 3.75. The first-order chi connectivity index (χ1) is 13.1. The van der Waals surface area contributed by atoms with Gasteiger partial charge in [-0.05, 0) is 37.1 Å². The molecule has 2 amide bonds. The maximum atomic E-state index is 13.0. The Labute approximate surface area is 157 Å². The number of nitrogens with zero attached hydrogens (tertiary/aromatic N) is 2. The molecule has 0 spiro atoms. The lowest BCUT2D eigenvalue weighted by atomic mass is 10.1. The summed E-state index contributed by atoms with van der Waals surface area (Å²) in [6, 6.07) is 11.7. The van der Waals surface area contributed by atoms with Crippen LogP contribution in [0, 0.1) is 6.92 Å². The lowest BCUT2D eigenvalue weighted by molar-refractivity contribution is -0.157. The van der Waals surface area contributed by atoms with Crippen LogP contribution in [0.25, 0.3) is 10.9 Å². The van der Waals surface area contributed by atoms with Crippen molar-refractivity contribution in [1.29, 1.82) is 0 Å². The second kappa shape index (κ2) is 7.31. The molecule has 27 heavy (non-hydrogen) atoms. The van der Waals surface area contributed by atoms with Crippen molar-refractivity contribution in [2.24, 2.45) is 0 Å². The van der Waals surface area contributed by atoms with Gasteiger partial charge in [0.05, 0.1) is 12.7 Å². The van der Waals surface area contributed by atoms with Crippen molar-refractivity contribution in [2.75, 3.05) is 13.1 Å². The van der Waals surface area contributed by atoms with E-state index in [1.807, 2.05) is 43.3 Å². The number of hydrazine groups is 1. The number of hydrogen-bond donors (Lipinski definition) is 1. The molecule has 0 aliphatic carbocycles. The summed E-state index contributed by atoms with van der Waals surface area (Å²) in [6.07, 6.45) is 3.59. The highest BCUT2D eigenvalue weighted by molar-refractivity contribution is 5.91. The first kappa shape index (κ1) is 17.4. The molecule has 140 valence electrons. The molecule has 0 radical (unpaired) electrons. The van der Waals surface area contributed by atoms with Gasteiger partial charge in [-0.25, -0.2) is 0 Å². The number of aryl methyl sites for hydroxylation is 2. The molecule has 0 saturated carbocycles. The van der Waals surface area contributed by atoms with Crippen LogP contribution < -0.4 is 0 Å². The third-order valence-electron chi connectivity index (χ3n) is 5.13. The fraction of sp³-hybridized carbons (Fsp3) is 0.333. The van der Waals surface area contributed by atoms with Crippen LogP contribution >= 0.6 is 0 Å². The van der Waals surface area contributed by atoms with E-state index in [-0.39, 0.29) is 18.2 Å². The van der Waals surface area contributed by atoms with Crippen LogP contribution in [-0.4, -0.2) is 39.9 Å². The number of nitrogens with one attached hydrogen (secondary N) is 1. The van der Waals surface area contributed by atoms with Gasteiger partial charge in [-0.3, -0.25) is 19.6 Å². The molecule has 3 aromatic rings. The van der Waals surface area contributed by atoms with Crippen LogP contribution in [0.15, 0.2) is 47.1 Å². The van der Waals surface area contributed by atoms with Crippen molar-refractivity contribution in [3.8, 4) is 0 Å². The predicted octanol–water partition coefficient (Wildman–Crippen LogP) is 3.22. The highest BCUT2D eigenvalue weighted by Gasteiger charge is 2.31. The summed E-state index contributed by atoms with van der Waals surface area (Å²) in [4.78, 5) is 28.9. The standard InChI is InChI=1S/C21H23N3O3/c1-15-18(17-7-2-3-8-19(17)22-15)14-21(26)24-12-5-11-23(24)20(25)10-9-16-6-4-13-27-16/h2-4,6-8,13,22H,5,9-12,14H2,1H3. The Bertz CT molecular complexity index is 958. The Hall–Kier alpha value is -3.02. The largest absolute Gasteiger partial charge is 0.469 e. The van der Waals surface area contributed by atoms with Gasteiger partial charge in [0.15, 0.2) is 0 Å². The summed E-state index contributed by atoms with van der Waals surface area (Å²) < 4.78 is 5.29. The summed E-state index contributed by atoms with van der Waals surface area (Å²) in [5, 5.41) is 4.29. The van der Waals surface area contributed by atoms with E-state index in [4.69, 9.17) is 4.42 Å². The highest BCUT2D eigenvalue weighted by atomic mass is 16.3. The first-order valence-electron chi connectivity index (χ1n) is 9.32. The molecule has 1 N–H and O–H groups in total. The molecule has 1 saturated heterocycles. The Kier molecular flexibility index (Phi) is 4.71. The van der Waals surface area contributed by atoms with Crippen molar-refractivity contribution >= 4 is 22.7 Å². The third-order valence-corrected chi connectivity index (χ3v) is 5.13. The van der Waals surface area contributed by atoms with Crippen LogP contribution in [0.4, 0.5) is 0 Å². The topological polar surface area (TPSA) is 69.6 Å². The van der Waals surface area contributed by atoms with Gasteiger partial charge in [0.2, 0.25) is 11.8 Å². The van der Waals surface area contributed by atoms with Crippen molar-refractivity contribution in [3.63, 3.8) is 0 Å². The molecule has 2 aromatic heterocycles. The zero-order chi connectivity index (χ0) is 18.8. The van der Waals surface area contributed by atoms with Gasteiger partial charge < -0.3 is 9.40 Å². The number of amides is 2. The van der Waals surface area contributed by atoms with E-state index in [2.05, 4.69) is 4.98 Å². The minimum atomic E-state index is -0.0355. The third kappa shape index (κ3) is 3.47. The van der Waals surface area contributed by atoms with Crippen LogP contribution in [0.5, 0.6) is 0 Å². The van der Waals surface area contributed by atoms with E-state index in [0.717, 1.165) is 34.3 Å². The number of aromatic nitrogens is 1. The smallest absolute Gasteiger partial charge is 0.245 e. The number of rotatable bonds is 5. The number of carbonyl (C=O) groups excluding carboxylic acids is 2. The van der Waals surface area contributed by atoms with E-state index in [1.54, 1.807) is 16.3 Å². The van der Waals surface area contributed by atoms with E-state index >= 15 is 0 Å². The monoisotopic (exact) mass is 365 g/mol. The lowest BCUT2D eigenvalue weighted by Gasteiger charge is -2.28. The van der Waals surface area contributed by atoms with Gasteiger partial charge in [-0.2, -0.15) is 0 Å². The number of H-pyrrole nitrogens is 1. The van der Waals surface area contributed by atoms with Crippen LogP contribution in [-0.2, 0) is 22.4 Å². The molecule has 4 rings (SSSR count). The second-order valence-corrected chi connectivity index (χ2v) is 6.92. The molecule has 0 atom stereocenters. The van der Waals surface area contributed by atoms with Gasteiger partial charge in [0.1, 0.15) is 5.76 Å². The number of fused-ring (bicyclic) bond motifs is 1. The highest BCUT2D eigenvalue weighted by Crippen LogP contribution is 2.24. The van der Waals surface area contributed by atoms with Crippen LogP contribution in [0.2, 0.25) is 0 Å². The second-order valence-electron chi connectivity index (χ2n) is 6.92. The molecule has 0 bridgehead atoms. The fourth-order valence-electron chi connectivity index (χ4n) is 3.75. The summed E-state index contributed by atoms with van der Waals surface area (Å²) in [5.74, 6) is 0.717. The molecule has 1 aliphatic rings. The van der Waals surface area contributed by atoms with Crippen LogP contribution in [0.3, 0.4) is 0 Å². The normalized spacial score (nSPS) is 14.3. The number of aromatic amines is 1. The molecule has 1 aliphatic heterocycles. The average Bonchev–Trinajstić information content (AvgIpc) is 3.40. The zero-order valence-corrected chi connectivity index (χ0v) is 15.4. The molecular weight excluding hydrogens is 342 g/mol. The van der Waals surface area contributed by atoms with Gasteiger partial charge in [-0.15, -0.1) is 0 Å². The van der Waals surface area contributed by atoms with E-state index in [9.17, 15) is 9.59 Å². The van der Waals surface area contributed by atoms with Crippen LogP contribution in [0.1, 0.15) is 29.9 Å². The molecule has 1 aromatic carbocycles.